The Morgan fingerprint density at radius 3 is 2.67 bits per heavy atom. The number of thiazole rings is 1. The van der Waals surface area contributed by atoms with Crippen molar-refractivity contribution in [3.8, 4) is 0 Å². The first-order valence-electron chi connectivity index (χ1n) is 5.24. The van der Waals surface area contributed by atoms with Crippen molar-refractivity contribution in [3.63, 3.8) is 0 Å². The number of anilines is 1. The highest BCUT2D eigenvalue weighted by Crippen LogP contribution is 2.30. The van der Waals surface area contributed by atoms with E-state index >= 15 is 0 Å². The van der Waals surface area contributed by atoms with Crippen molar-refractivity contribution in [2.45, 2.75) is 30.9 Å². The first kappa shape index (κ1) is 11.2. The van der Waals surface area contributed by atoms with Crippen LogP contribution in [0.25, 0.3) is 0 Å². The highest BCUT2D eigenvalue weighted by atomic mass is 32.2. The number of hydrogen-bond acceptors (Lipinski definition) is 5. The summed E-state index contributed by atoms with van der Waals surface area (Å²) < 4.78 is 0. The van der Waals surface area contributed by atoms with Gasteiger partial charge in [0.25, 0.3) is 0 Å². The predicted molar refractivity (Wildman–Crippen MR) is 68.7 cm³/mol. The van der Waals surface area contributed by atoms with Gasteiger partial charge in [0, 0.05) is 35.5 Å². The van der Waals surface area contributed by atoms with E-state index in [-0.39, 0.29) is 0 Å². The molecule has 0 aliphatic carbocycles. The van der Waals surface area contributed by atoms with E-state index in [9.17, 15) is 0 Å². The van der Waals surface area contributed by atoms with Crippen LogP contribution in [0.3, 0.4) is 0 Å². The molecule has 3 nitrogen and oxygen atoms in total. The van der Waals surface area contributed by atoms with Gasteiger partial charge in [-0.3, -0.25) is 0 Å². The van der Waals surface area contributed by atoms with Crippen LogP contribution in [0.2, 0.25) is 0 Å². The van der Waals surface area contributed by atoms with Crippen LogP contribution in [0.15, 0.2) is 5.38 Å². The second-order valence-electron chi connectivity index (χ2n) is 3.99. The van der Waals surface area contributed by atoms with E-state index in [2.05, 4.69) is 40.9 Å². The Morgan fingerprint density at radius 2 is 2.13 bits per heavy atom. The molecule has 1 aromatic heterocycles. The van der Waals surface area contributed by atoms with E-state index in [0.717, 1.165) is 23.9 Å². The predicted octanol–water partition coefficient (Wildman–Crippen LogP) is 1.93. The smallest absolute Gasteiger partial charge is 0.185 e. The third-order valence-corrected chi connectivity index (χ3v) is 4.62. The van der Waals surface area contributed by atoms with Crippen LogP contribution >= 0.6 is 23.1 Å². The number of nitrogens with zero attached hydrogens (tertiary/aromatic N) is 2. The SMILES string of the molecule is CC1CN(c2nc(CN)cs2)CC(C)S1. The van der Waals surface area contributed by atoms with Gasteiger partial charge in [-0.05, 0) is 0 Å². The molecule has 0 amide bonds. The average molecular weight is 243 g/mol. The molecule has 2 heterocycles. The fourth-order valence-electron chi connectivity index (χ4n) is 1.87. The Balaban J connectivity index is 2.09. The van der Waals surface area contributed by atoms with Crippen LogP contribution in [0, 0.1) is 0 Å². The molecular weight excluding hydrogens is 226 g/mol. The van der Waals surface area contributed by atoms with Crippen LogP contribution in [0.4, 0.5) is 5.13 Å². The van der Waals surface area contributed by atoms with Crippen molar-refractivity contribution < 1.29 is 0 Å². The summed E-state index contributed by atoms with van der Waals surface area (Å²) in [6.07, 6.45) is 0. The van der Waals surface area contributed by atoms with Gasteiger partial charge in [0.1, 0.15) is 0 Å². The van der Waals surface area contributed by atoms with Crippen LogP contribution in [0.5, 0.6) is 0 Å². The molecular formula is C10H17N3S2. The fourth-order valence-corrected chi connectivity index (χ4v) is 4.05. The first-order chi connectivity index (χ1) is 7.19. The van der Waals surface area contributed by atoms with E-state index in [1.807, 2.05) is 0 Å². The fraction of sp³-hybridized carbons (Fsp3) is 0.700. The van der Waals surface area contributed by atoms with Gasteiger partial charge < -0.3 is 10.6 Å². The van der Waals surface area contributed by atoms with Gasteiger partial charge in [0.15, 0.2) is 5.13 Å². The van der Waals surface area contributed by atoms with Gasteiger partial charge in [0.05, 0.1) is 5.69 Å². The number of thioether (sulfide) groups is 1. The summed E-state index contributed by atoms with van der Waals surface area (Å²) >= 11 is 3.77. The minimum Gasteiger partial charge on any atom is -0.346 e. The summed E-state index contributed by atoms with van der Waals surface area (Å²) in [7, 11) is 0. The van der Waals surface area contributed by atoms with Gasteiger partial charge in [0.2, 0.25) is 0 Å². The quantitative estimate of drug-likeness (QED) is 0.862. The van der Waals surface area contributed by atoms with E-state index in [4.69, 9.17) is 5.73 Å². The minimum atomic E-state index is 0.546. The Bertz CT molecular complexity index is 316. The molecule has 1 saturated heterocycles. The number of hydrogen-bond donors (Lipinski definition) is 1. The van der Waals surface area contributed by atoms with Crippen LogP contribution in [-0.2, 0) is 6.54 Å². The van der Waals surface area contributed by atoms with Crippen LogP contribution in [0.1, 0.15) is 19.5 Å². The molecule has 2 atom stereocenters. The summed E-state index contributed by atoms with van der Waals surface area (Å²) in [5.74, 6) is 0. The lowest BCUT2D eigenvalue weighted by Gasteiger charge is -2.34. The van der Waals surface area contributed by atoms with Crippen LogP contribution in [-0.4, -0.2) is 28.6 Å². The third-order valence-electron chi connectivity index (χ3n) is 2.44. The second-order valence-corrected chi connectivity index (χ2v) is 6.71. The van der Waals surface area contributed by atoms with Gasteiger partial charge in [-0.25, -0.2) is 4.98 Å². The molecule has 1 aliphatic heterocycles. The third kappa shape index (κ3) is 2.65. The number of nitrogens with two attached hydrogens (primary N) is 1. The summed E-state index contributed by atoms with van der Waals surface area (Å²) in [6.45, 7) is 7.32. The normalized spacial score (nSPS) is 27.0. The van der Waals surface area contributed by atoms with Crippen molar-refractivity contribution in [2.24, 2.45) is 5.73 Å². The van der Waals surface area contributed by atoms with Gasteiger partial charge in [-0.2, -0.15) is 11.8 Å². The Kier molecular flexibility index (Phi) is 3.53. The molecule has 5 heteroatoms. The van der Waals surface area contributed by atoms with Gasteiger partial charge >= 0.3 is 0 Å². The van der Waals surface area contributed by atoms with E-state index in [1.54, 1.807) is 11.3 Å². The van der Waals surface area contributed by atoms with Crippen molar-refractivity contribution in [1.29, 1.82) is 0 Å². The van der Waals surface area contributed by atoms with Crippen LogP contribution < -0.4 is 10.6 Å². The molecule has 1 aromatic rings. The van der Waals surface area contributed by atoms with Crippen molar-refractivity contribution in [2.75, 3.05) is 18.0 Å². The van der Waals surface area contributed by atoms with E-state index in [0.29, 0.717) is 17.0 Å². The Morgan fingerprint density at radius 1 is 1.47 bits per heavy atom. The molecule has 15 heavy (non-hydrogen) atoms. The maximum absolute atomic E-state index is 5.57. The molecule has 0 saturated carbocycles. The highest BCUT2D eigenvalue weighted by molar-refractivity contribution is 8.00. The molecule has 1 fully saturated rings. The van der Waals surface area contributed by atoms with E-state index in [1.165, 1.54) is 0 Å². The molecule has 2 rings (SSSR count). The van der Waals surface area contributed by atoms with Crippen molar-refractivity contribution >= 4 is 28.2 Å². The zero-order valence-corrected chi connectivity index (χ0v) is 10.8. The topological polar surface area (TPSA) is 42.2 Å². The summed E-state index contributed by atoms with van der Waals surface area (Å²) in [4.78, 5) is 6.92. The number of aromatic nitrogens is 1. The lowest BCUT2D eigenvalue weighted by atomic mass is 10.3. The minimum absolute atomic E-state index is 0.546. The Labute approximate surface area is 99.1 Å². The monoisotopic (exact) mass is 243 g/mol. The molecule has 0 radical (unpaired) electrons. The largest absolute Gasteiger partial charge is 0.346 e. The molecule has 0 spiro atoms. The van der Waals surface area contributed by atoms with Gasteiger partial charge in [-0.15, -0.1) is 11.3 Å². The standard InChI is InChI=1S/C10H17N3S2/c1-7-4-13(5-8(2)15-7)10-12-9(3-11)6-14-10/h6-8H,3-5,11H2,1-2H3. The summed E-state index contributed by atoms with van der Waals surface area (Å²) in [5, 5.41) is 4.58. The van der Waals surface area contributed by atoms with Crippen molar-refractivity contribution in [3.05, 3.63) is 11.1 Å². The van der Waals surface area contributed by atoms with E-state index < -0.39 is 0 Å². The van der Waals surface area contributed by atoms with Crippen molar-refractivity contribution in [1.82, 2.24) is 4.98 Å². The zero-order chi connectivity index (χ0) is 10.8. The van der Waals surface area contributed by atoms with Gasteiger partial charge in [-0.1, -0.05) is 13.8 Å². The molecule has 0 bridgehead atoms. The lowest BCUT2D eigenvalue weighted by Crippen LogP contribution is -2.40. The molecule has 2 N–H and O–H groups in total. The first-order valence-corrected chi connectivity index (χ1v) is 7.06. The molecule has 2 unspecified atom stereocenters. The maximum atomic E-state index is 5.57. The maximum Gasteiger partial charge on any atom is 0.185 e. The summed E-state index contributed by atoms with van der Waals surface area (Å²) in [6, 6.07) is 0. The highest BCUT2D eigenvalue weighted by Gasteiger charge is 2.23. The molecule has 1 aliphatic rings. The average Bonchev–Trinajstić information content (AvgIpc) is 2.64. The second kappa shape index (κ2) is 4.72. The molecule has 0 aromatic carbocycles. The summed E-state index contributed by atoms with van der Waals surface area (Å²) in [5.41, 5.74) is 6.58. The number of rotatable bonds is 2. The molecule has 84 valence electrons. The Hall–Kier alpha value is -0.260. The lowest BCUT2D eigenvalue weighted by molar-refractivity contribution is 0.724. The zero-order valence-electron chi connectivity index (χ0n) is 9.14.